The van der Waals surface area contributed by atoms with Gasteiger partial charge in [-0.3, -0.25) is 14.9 Å². The molecule has 176 valence electrons. The smallest absolute Gasteiger partial charge is 0.227 e. The van der Waals surface area contributed by atoms with Crippen molar-refractivity contribution in [1.82, 2.24) is 25.1 Å². The van der Waals surface area contributed by atoms with Gasteiger partial charge < -0.3 is 14.7 Å². The van der Waals surface area contributed by atoms with E-state index in [0.717, 1.165) is 75.0 Å². The van der Waals surface area contributed by atoms with E-state index in [1.807, 2.05) is 36.4 Å². The molecule has 0 spiro atoms. The number of aromatic nitrogens is 5. The average Bonchev–Trinajstić information content (AvgIpc) is 3.61. The Morgan fingerprint density at radius 3 is 2.81 bits per heavy atom. The van der Waals surface area contributed by atoms with E-state index in [1.54, 1.807) is 24.9 Å². The predicted molar refractivity (Wildman–Crippen MR) is 138 cm³/mol. The van der Waals surface area contributed by atoms with Gasteiger partial charge in [0.1, 0.15) is 11.2 Å². The fraction of sp³-hybridized carbons (Fsp3) is 0.143. The normalized spacial score (nSPS) is 13.8. The molecule has 1 fully saturated rings. The minimum absolute atomic E-state index is 0.0642. The van der Waals surface area contributed by atoms with Crippen molar-refractivity contribution in [3.05, 3.63) is 73.5 Å². The Morgan fingerprint density at radius 2 is 1.97 bits per heavy atom. The van der Waals surface area contributed by atoms with E-state index in [2.05, 4.69) is 37.6 Å². The summed E-state index contributed by atoms with van der Waals surface area (Å²) in [7, 11) is 0. The SMILES string of the molecule is O=C(Nc1cncc(-c2ccc3[nH]nc(-c4cc5c(-c6ccoc6)cccc5[nH]4)c3n2)c1)C1CCC1. The molecule has 0 unspecified atom stereocenters. The van der Waals surface area contributed by atoms with Crippen molar-refractivity contribution >= 4 is 33.5 Å². The number of hydrogen-bond acceptors (Lipinski definition) is 5. The molecular formula is C28H22N6O2. The largest absolute Gasteiger partial charge is 0.472 e. The molecule has 0 bridgehead atoms. The van der Waals surface area contributed by atoms with Crippen molar-refractivity contribution in [2.24, 2.45) is 5.92 Å². The molecule has 1 aromatic carbocycles. The number of nitrogens with one attached hydrogen (secondary N) is 3. The summed E-state index contributed by atoms with van der Waals surface area (Å²) in [6, 6.07) is 16.0. The number of carbonyl (C=O) groups excluding carboxylic acids is 1. The molecule has 1 saturated carbocycles. The van der Waals surface area contributed by atoms with E-state index in [-0.39, 0.29) is 11.8 Å². The van der Waals surface area contributed by atoms with Gasteiger partial charge in [-0.2, -0.15) is 5.10 Å². The van der Waals surface area contributed by atoms with E-state index >= 15 is 0 Å². The number of pyridine rings is 2. The first-order valence-electron chi connectivity index (χ1n) is 12.0. The Balaban J connectivity index is 1.26. The van der Waals surface area contributed by atoms with E-state index in [0.29, 0.717) is 5.69 Å². The molecule has 6 aromatic rings. The highest BCUT2D eigenvalue weighted by Gasteiger charge is 2.25. The maximum Gasteiger partial charge on any atom is 0.227 e. The Kier molecular flexibility index (Phi) is 4.70. The van der Waals surface area contributed by atoms with Crippen LogP contribution < -0.4 is 5.32 Å². The lowest BCUT2D eigenvalue weighted by Gasteiger charge is -2.24. The summed E-state index contributed by atoms with van der Waals surface area (Å²) in [5.74, 6) is 0.177. The lowest BCUT2D eigenvalue weighted by molar-refractivity contribution is -0.122. The molecule has 0 atom stereocenters. The third-order valence-corrected chi connectivity index (χ3v) is 6.94. The fourth-order valence-electron chi connectivity index (χ4n) is 4.76. The minimum Gasteiger partial charge on any atom is -0.472 e. The van der Waals surface area contributed by atoms with Gasteiger partial charge in [0.15, 0.2) is 0 Å². The first-order valence-corrected chi connectivity index (χ1v) is 12.0. The quantitative estimate of drug-likeness (QED) is 0.277. The topological polar surface area (TPSA) is 112 Å². The zero-order chi connectivity index (χ0) is 24.1. The van der Waals surface area contributed by atoms with Gasteiger partial charge in [-0.15, -0.1) is 0 Å². The number of nitrogens with zero attached hydrogens (tertiary/aromatic N) is 3. The van der Waals surface area contributed by atoms with Gasteiger partial charge in [-0.05, 0) is 54.8 Å². The summed E-state index contributed by atoms with van der Waals surface area (Å²) in [5.41, 5.74) is 8.59. The van der Waals surface area contributed by atoms with Crippen LogP contribution in [0.5, 0.6) is 0 Å². The number of amides is 1. The highest BCUT2D eigenvalue weighted by Crippen LogP contribution is 2.34. The van der Waals surface area contributed by atoms with E-state index in [4.69, 9.17) is 9.40 Å². The summed E-state index contributed by atoms with van der Waals surface area (Å²) in [4.78, 5) is 25.1. The maximum atomic E-state index is 12.4. The summed E-state index contributed by atoms with van der Waals surface area (Å²) in [6.45, 7) is 0. The molecule has 3 N–H and O–H groups in total. The first-order chi connectivity index (χ1) is 17.7. The third-order valence-electron chi connectivity index (χ3n) is 6.94. The standard InChI is InChI=1S/C28H22N6O2/c35-28(16-3-1-4-16)30-19-11-18(13-29-14-19)22-7-8-24-26(32-22)27(34-33-24)25-12-21-20(17-9-10-36-15-17)5-2-6-23(21)31-25/h2,5-16,31H,1,3-4H2,(H,30,35)(H,33,34). The van der Waals surface area contributed by atoms with Crippen LogP contribution in [-0.2, 0) is 4.79 Å². The molecule has 5 heterocycles. The number of aromatic amines is 2. The van der Waals surface area contributed by atoms with Crippen molar-refractivity contribution in [3.8, 4) is 33.8 Å². The van der Waals surface area contributed by atoms with Gasteiger partial charge in [0.05, 0.1) is 41.3 Å². The number of furan rings is 1. The molecule has 1 aliphatic rings. The van der Waals surface area contributed by atoms with Gasteiger partial charge in [0.25, 0.3) is 0 Å². The Labute approximate surface area is 205 Å². The number of fused-ring (bicyclic) bond motifs is 2. The number of hydrogen-bond donors (Lipinski definition) is 3. The van der Waals surface area contributed by atoms with Gasteiger partial charge in [-0.1, -0.05) is 18.6 Å². The molecule has 0 radical (unpaired) electrons. The van der Waals surface area contributed by atoms with Crippen LogP contribution in [-0.4, -0.2) is 31.1 Å². The average molecular weight is 475 g/mol. The van der Waals surface area contributed by atoms with Crippen LogP contribution in [0.25, 0.3) is 55.7 Å². The zero-order valence-corrected chi connectivity index (χ0v) is 19.3. The maximum absolute atomic E-state index is 12.4. The molecule has 5 aromatic heterocycles. The molecule has 1 aliphatic carbocycles. The van der Waals surface area contributed by atoms with E-state index in [1.165, 1.54) is 0 Å². The van der Waals surface area contributed by atoms with Gasteiger partial charge >= 0.3 is 0 Å². The lowest BCUT2D eigenvalue weighted by Crippen LogP contribution is -2.28. The summed E-state index contributed by atoms with van der Waals surface area (Å²) in [6.07, 6.45) is 9.88. The second kappa shape index (κ2) is 8.20. The Morgan fingerprint density at radius 1 is 1.03 bits per heavy atom. The molecule has 0 saturated heterocycles. The molecular weight excluding hydrogens is 452 g/mol. The van der Waals surface area contributed by atoms with Crippen molar-refractivity contribution in [2.45, 2.75) is 19.3 Å². The van der Waals surface area contributed by atoms with Gasteiger partial charge in [-0.25, -0.2) is 4.98 Å². The second-order valence-corrected chi connectivity index (χ2v) is 9.21. The highest BCUT2D eigenvalue weighted by molar-refractivity contribution is 6.00. The van der Waals surface area contributed by atoms with Gasteiger partial charge in [0, 0.05) is 34.1 Å². The van der Waals surface area contributed by atoms with Crippen molar-refractivity contribution in [1.29, 1.82) is 0 Å². The number of benzene rings is 1. The van der Waals surface area contributed by atoms with Crippen molar-refractivity contribution in [2.75, 3.05) is 5.32 Å². The number of anilines is 1. The number of carbonyl (C=O) groups is 1. The third kappa shape index (κ3) is 3.46. The Hall–Kier alpha value is -4.72. The summed E-state index contributed by atoms with van der Waals surface area (Å²) in [5, 5.41) is 11.7. The lowest BCUT2D eigenvalue weighted by atomic mass is 9.85. The van der Waals surface area contributed by atoms with Crippen LogP contribution in [0.1, 0.15) is 19.3 Å². The van der Waals surface area contributed by atoms with Crippen LogP contribution in [0.4, 0.5) is 5.69 Å². The van der Waals surface area contributed by atoms with Crippen LogP contribution in [0.3, 0.4) is 0 Å². The van der Waals surface area contributed by atoms with Crippen LogP contribution in [0.2, 0.25) is 0 Å². The summed E-state index contributed by atoms with van der Waals surface area (Å²) >= 11 is 0. The van der Waals surface area contributed by atoms with Crippen LogP contribution >= 0.6 is 0 Å². The molecule has 8 heteroatoms. The number of H-pyrrole nitrogens is 2. The molecule has 8 nitrogen and oxygen atoms in total. The van der Waals surface area contributed by atoms with Crippen LogP contribution in [0.15, 0.2) is 77.9 Å². The fourth-order valence-corrected chi connectivity index (χ4v) is 4.76. The minimum atomic E-state index is 0.0642. The van der Waals surface area contributed by atoms with Crippen molar-refractivity contribution < 1.29 is 9.21 Å². The van der Waals surface area contributed by atoms with Crippen LogP contribution in [0, 0.1) is 5.92 Å². The van der Waals surface area contributed by atoms with Gasteiger partial charge in [0.2, 0.25) is 5.91 Å². The summed E-state index contributed by atoms with van der Waals surface area (Å²) < 4.78 is 5.29. The van der Waals surface area contributed by atoms with E-state index < -0.39 is 0 Å². The van der Waals surface area contributed by atoms with Crippen molar-refractivity contribution in [3.63, 3.8) is 0 Å². The monoisotopic (exact) mass is 474 g/mol. The van der Waals surface area contributed by atoms with E-state index in [9.17, 15) is 4.79 Å². The molecule has 1 amide bonds. The second-order valence-electron chi connectivity index (χ2n) is 9.21. The zero-order valence-electron chi connectivity index (χ0n) is 19.3. The number of rotatable bonds is 5. The Bertz CT molecular complexity index is 1730. The molecule has 0 aliphatic heterocycles. The highest BCUT2D eigenvalue weighted by atomic mass is 16.3. The predicted octanol–water partition coefficient (Wildman–Crippen LogP) is 6.17. The first kappa shape index (κ1) is 20.6. The molecule has 7 rings (SSSR count). The molecule has 36 heavy (non-hydrogen) atoms.